The molecule has 0 radical (unpaired) electrons. The van der Waals surface area contributed by atoms with Gasteiger partial charge in [0.15, 0.2) is 0 Å². The molecule has 3 nitrogen and oxygen atoms in total. The third kappa shape index (κ3) is 2.39. The number of rotatable bonds is 2. The Morgan fingerprint density at radius 1 is 1.32 bits per heavy atom. The fraction of sp³-hybridized carbons (Fsp3) is 0.562. The van der Waals surface area contributed by atoms with Gasteiger partial charge in [-0.25, -0.2) is 0 Å². The van der Waals surface area contributed by atoms with Gasteiger partial charge in [0.25, 0.3) is 0 Å². The Morgan fingerprint density at radius 2 is 2.11 bits per heavy atom. The summed E-state index contributed by atoms with van der Waals surface area (Å²) in [7, 11) is 0. The quantitative estimate of drug-likeness (QED) is 0.882. The average Bonchev–Trinajstić information content (AvgIpc) is 2.58. The standard InChI is InChI=1S/C16H22N2O/c1-12(14-10-17-11-14)16(19)18-9-5-4-7-13-6-2-3-8-15(13)18/h2-3,6,8,12,14,17H,4-5,7,9-11H2,1H3. The van der Waals surface area contributed by atoms with Crippen molar-refractivity contribution in [1.82, 2.24) is 5.32 Å². The van der Waals surface area contributed by atoms with Crippen molar-refractivity contribution in [2.24, 2.45) is 11.8 Å². The highest BCUT2D eigenvalue weighted by molar-refractivity contribution is 5.96. The first-order valence-corrected chi connectivity index (χ1v) is 7.37. The molecule has 1 atom stereocenters. The summed E-state index contributed by atoms with van der Waals surface area (Å²) in [4.78, 5) is 14.8. The van der Waals surface area contributed by atoms with E-state index >= 15 is 0 Å². The second-order valence-corrected chi connectivity index (χ2v) is 5.78. The summed E-state index contributed by atoms with van der Waals surface area (Å²) in [6.45, 7) is 4.94. The van der Waals surface area contributed by atoms with Crippen LogP contribution in [0.15, 0.2) is 24.3 Å². The average molecular weight is 258 g/mol. The van der Waals surface area contributed by atoms with Crippen LogP contribution < -0.4 is 10.2 Å². The number of nitrogens with zero attached hydrogens (tertiary/aromatic N) is 1. The molecule has 1 N–H and O–H groups in total. The van der Waals surface area contributed by atoms with E-state index in [2.05, 4.69) is 30.4 Å². The van der Waals surface area contributed by atoms with Crippen molar-refractivity contribution < 1.29 is 4.79 Å². The topological polar surface area (TPSA) is 32.3 Å². The van der Waals surface area contributed by atoms with Gasteiger partial charge in [-0.2, -0.15) is 0 Å². The highest BCUT2D eigenvalue weighted by Gasteiger charge is 2.33. The summed E-state index contributed by atoms with van der Waals surface area (Å²) in [5.74, 6) is 0.955. The molecule has 2 aliphatic heterocycles. The van der Waals surface area contributed by atoms with E-state index in [9.17, 15) is 4.79 Å². The molecule has 102 valence electrons. The summed E-state index contributed by atoms with van der Waals surface area (Å²) in [6.07, 6.45) is 3.38. The minimum absolute atomic E-state index is 0.132. The number of nitrogens with one attached hydrogen (secondary N) is 1. The number of aryl methyl sites for hydroxylation is 1. The van der Waals surface area contributed by atoms with Gasteiger partial charge in [0.2, 0.25) is 5.91 Å². The zero-order valence-corrected chi connectivity index (χ0v) is 11.6. The summed E-state index contributed by atoms with van der Waals surface area (Å²) in [5, 5.41) is 3.26. The van der Waals surface area contributed by atoms with Gasteiger partial charge in [-0.15, -0.1) is 0 Å². The smallest absolute Gasteiger partial charge is 0.230 e. The predicted molar refractivity (Wildman–Crippen MR) is 77.3 cm³/mol. The van der Waals surface area contributed by atoms with Crippen LogP contribution in [0.2, 0.25) is 0 Å². The molecule has 0 spiro atoms. The second-order valence-electron chi connectivity index (χ2n) is 5.78. The first-order valence-electron chi connectivity index (χ1n) is 7.37. The number of anilines is 1. The van der Waals surface area contributed by atoms with E-state index in [0.717, 1.165) is 38.2 Å². The second kappa shape index (κ2) is 5.33. The summed E-state index contributed by atoms with van der Waals surface area (Å²) in [5.41, 5.74) is 2.47. The van der Waals surface area contributed by atoms with Crippen LogP contribution in [0.1, 0.15) is 25.3 Å². The van der Waals surface area contributed by atoms with Gasteiger partial charge in [0, 0.05) is 18.2 Å². The molecule has 0 aromatic heterocycles. The number of carbonyl (C=O) groups excluding carboxylic acids is 1. The van der Waals surface area contributed by atoms with Crippen LogP contribution in [0, 0.1) is 11.8 Å². The molecule has 1 amide bonds. The van der Waals surface area contributed by atoms with Crippen molar-refractivity contribution in [3.05, 3.63) is 29.8 Å². The van der Waals surface area contributed by atoms with E-state index in [1.54, 1.807) is 0 Å². The molecule has 0 bridgehead atoms. The SMILES string of the molecule is CC(C(=O)N1CCCCc2ccccc21)C1CNC1. The maximum atomic E-state index is 12.7. The molecule has 1 fully saturated rings. The van der Waals surface area contributed by atoms with Gasteiger partial charge >= 0.3 is 0 Å². The number of carbonyl (C=O) groups is 1. The largest absolute Gasteiger partial charge is 0.316 e. The maximum Gasteiger partial charge on any atom is 0.230 e. The highest BCUT2D eigenvalue weighted by Crippen LogP contribution is 2.29. The molecule has 19 heavy (non-hydrogen) atoms. The molecule has 1 unspecified atom stereocenters. The molecule has 0 saturated carbocycles. The first kappa shape index (κ1) is 12.7. The van der Waals surface area contributed by atoms with Crippen molar-refractivity contribution in [2.75, 3.05) is 24.5 Å². The molecular weight excluding hydrogens is 236 g/mol. The summed E-state index contributed by atoms with van der Waals surface area (Å²) < 4.78 is 0. The van der Waals surface area contributed by atoms with Gasteiger partial charge < -0.3 is 10.2 Å². The molecular formula is C16H22N2O. The Bertz CT molecular complexity index is 468. The van der Waals surface area contributed by atoms with Crippen LogP contribution >= 0.6 is 0 Å². The van der Waals surface area contributed by atoms with Crippen LogP contribution in [0.25, 0.3) is 0 Å². The Labute approximate surface area is 115 Å². The Morgan fingerprint density at radius 3 is 2.84 bits per heavy atom. The molecule has 0 aliphatic carbocycles. The van der Waals surface area contributed by atoms with Crippen LogP contribution in [-0.4, -0.2) is 25.5 Å². The molecule has 1 aromatic carbocycles. The summed E-state index contributed by atoms with van der Waals surface area (Å²) >= 11 is 0. The lowest BCUT2D eigenvalue weighted by Gasteiger charge is -2.35. The lowest BCUT2D eigenvalue weighted by molar-refractivity contribution is -0.124. The molecule has 1 aromatic rings. The number of hydrogen-bond donors (Lipinski definition) is 1. The van der Waals surface area contributed by atoms with Gasteiger partial charge in [-0.05, 0) is 49.9 Å². The van der Waals surface area contributed by atoms with Crippen molar-refractivity contribution in [2.45, 2.75) is 26.2 Å². The third-order valence-corrected chi connectivity index (χ3v) is 4.54. The van der Waals surface area contributed by atoms with Crippen molar-refractivity contribution >= 4 is 11.6 Å². The number of fused-ring (bicyclic) bond motifs is 1. The van der Waals surface area contributed by atoms with Crippen LogP contribution in [0.3, 0.4) is 0 Å². The Kier molecular flexibility index (Phi) is 3.56. The van der Waals surface area contributed by atoms with Crippen molar-refractivity contribution in [1.29, 1.82) is 0 Å². The maximum absolute atomic E-state index is 12.7. The highest BCUT2D eigenvalue weighted by atomic mass is 16.2. The van der Waals surface area contributed by atoms with Gasteiger partial charge in [-0.3, -0.25) is 4.79 Å². The minimum atomic E-state index is 0.132. The van der Waals surface area contributed by atoms with Crippen LogP contribution in [0.5, 0.6) is 0 Å². The Hall–Kier alpha value is -1.35. The zero-order chi connectivity index (χ0) is 13.2. The van der Waals surface area contributed by atoms with E-state index < -0.39 is 0 Å². The molecule has 1 saturated heterocycles. The van der Waals surface area contributed by atoms with Crippen LogP contribution in [-0.2, 0) is 11.2 Å². The number of amides is 1. The zero-order valence-electron chi connectivity index (χ0n) is 11.6. The first-order chi connectivity index (χ1) is 9.27. The molecule has 2 aliphatic rings. The summed E-state index contributed by atoms with van der Waals surface area (Å²) in [6, 6.07) is 8.38. The van der Waals surface area contributed by atoms with Crippen LogP contribution in [0.4, 0.5) is 5.69 Å². The van der Waals surface area contributed by atoms with E-state index in [1.165, 1.54) is 12.0 Å². The third-order valence-electron chi connectivity index (χ3n) is 4.54. The van der Waals surface area contributed by atoms with Crippen molar-refractivity contribution in [3.8, 4) is 0 Å². The lowest BCUT2D eigenvalue weighted by atomic mass is 9.87. The van der Waals surface area contributed by atoms with Gasteiger partial charge in [0.1, 0.15) is 0 Å². The molecule has 3 heteroatoms. The normalized spacial score (nSPS) is 21.2. The fourth-order valence-corrected chi connectivity index (χ4v) is 3.03. The predicted octanol–water partition coefficient (Wildman–Crippen LogP) is 2.21. The Balaban J connectivity index is 1.84. The fourth-order valence-electron chi connectivity index (χ4n) is 3.03. The molecule has 2 heterocycles. The number of para-hydroxylation sites is 1. The lowest BCUT2D eigenvalue weighted by Crippen LogP contribution is -2.50. The van der Waals surface area contributed by atoms with E-state index in [4.69, 9.17) is 0 Å². The number of hydrogen-bond acceptors (Lipinski definition) is 2. The van der Waals surface area contributed by atoms with Gasteiger partial charge in [0.05, 0.1) is 0 Å². The monoisotopic (exact) mass is 258 g/mol. The van der Waals surface area contributed by atoms with E-state index in [0.29, 0.717) is 11.8 Å². The molecule has 3 rings (SSSR count). The van der Waals surface area contributed by atoms with E-state index in [-0.39, 0.29) is 5.92 Å². The minimum Gasteiger partial charge on any atom is -0.316 e. The van der Waals surface area contributed by atoms with Crippen molar-refractivity contribution in [3.63, 3.8) is 0 Å². The number of benzene rings is 1. The van der Waals surface area contributed by atoms with E-state index in [1.807, 2.05) is 11.0 Å². The van der Waals surface area contributed by atoms with Gasteiger partial charge in [-0.1, -0.05) is 25.1 Å².